The summed E-state index contributed by atoms with van der Waals surface area (Å²) in [5.41, 5.74) is 1.01. The molecule has 104 valence electrons. The number of aromatic nitrogens is 1. The number of fused-ring (bicyclic) bond motifs is 1. The molecular formula is C16H18N2O2. The van der Waals surface area contributed by atoms with Gasteiger partial charge in [-0.3, -0.25) is 4.79 Å². The van der Waals surface area contributed by atoms with Crippen molar-refractivity contribution in [3.63, 3.8) is 0 Å². The molecule has 2 unspecified atom stereocenters. The minimum atomic E-state index is -0.212. The quantitative estimate of drug-likeness (QED) is 0.783. The molecule has 0 spiro atoms. The molecule has 1 aliphatic carbocycles. The Morgan fingerprint density at radius 3 is 2.85 bits per heavy atom. The lowest BCUT2D eigenvalue weighted by molar-refractivity contribution is 0.0774. The minimum Gasteiger partial charge on any atom is -0.384 e. The Morgan fingerprint density at radius 2 is 2.15 bits per heavy atom. The number of rotatable bonds is 1. The molecule has 2 fully saturated rings. The Morgan fingerprint density at radius 1 is 1.40 bits per heavy atom. The number of carbonyl (C=O) groups excluding carboxylic acids is 1. The molecule has 2 heterocycles. The minimum absolute atomic E-state index is 0.0257. The maximum Gasteiger partial charge on any atom is 0.273 e. The third-order valence-corrected chi connectivity index (χ3v) is 4.33. The molecule has 1 aliphatic heterocycles. The standard InChI is InChI=1S/C16H18N2O2/c19-9-3-7-12-6-2-8-17-15(12)16(20)18-10-13-4-1-5-14(13)11-18/h2,6,8,13-14,19H,1,4-5,9-11H2. The normalized spacial score (nSPS) is 24.1. The van der Waals surface area contributed by atoms with Crippen molar-refractivity contribution in [3.05, 3.63) is 29.6 Å². The molecule has 2 aliphatic rings. The first-order valence-corrected chi connectivity index (χ1v) is 7.13. The third kappa shape index (κ3) is 2.41. The molecular weight excluding hydrogens is 252 g/mol. The van der Waals surface area contributed by atoms with Crippen molar-refractivity contribution in [2.24, 2.45) is 11.8 Å². The summed E-state index contributed by atoms with van der Waals surface area (Å²) < 4.78 is 0. The van der Waals surface area contributed by atoms with E-state index in [9.17, 15) is 4.79 Å². The van der Waals surface area contributed by atoms with Crippen molar-refractivity contribution >= 4 is 5.91 Å². The molecule has 4 heteroatoms. The topological polar surface area (TPSA) is 53.4 Å². The predicted molar refractivity (Wildman–Crippen MR) is 74.9 cm³/mol. The number of aliphatic hydroxyl groups excluding tert-OH is 1. The lowest BCUT2D eigenvalue weighted by atomic mass is 10.0. The summed E-state index contributed by atoms with van der Waals surface area (Å²) >= 11 is 0. The first-order chi connectivity index (χ1) is 9.79. The molecule has 1 aromatic heterocycles. The van der Waals surface area contributed by atoms with Gasteiger partial charge in [-0.05, 0) is 36.8 Å². The molecule has 2 atom stereocenters. The van der Waals surface area contributed by atoms with Gasteiger partial charge in [-0.15, -0.1) is 0 Å². The summed E-state index contributed by atoms with van der Waals surface area (Å²) in [6.07, 6.45) is 5.41. The van der Waals surface area contributed by atoms with E-state index in [1.165, 1.54) is 19.3 Å². The Bertz CT molecular complexity index is 561. The van der Waals surface area contributed by atoms with Crippen LogP contribution in [0.4, 0.5) is 0 Å². The molecule has 1 amide bonds. The van der Waals surface area contributed by atoms with Crippen LogP contribution >= 0.6 is 0 Å². The van der Waals surface area contributed by atoms with Gasteiger partial charge in [0.1, 0.15) is 12.3 Å². The smallest absolute Gasteiger partial charge is 0.273 e. The zero-order valence-corrected chi connectivity index (χ0v) is 11.4. The maximum atomic E-state index is 12.6. The molecule has 1 saturated heterocycles. The van der Waals surface area contributed by atoms with Gasteiger partial charge in [-0.25, -0.2) is 4.98 Å². The molecule has 0 radical (unpaired) electrons. The van der Waals surface area contributed by atoms with E-state index >= 15 is 0 Å². The molecule has 4 nitrogen and oxygen atoms in total. The summed E-state index contributed by atoms with van der Waals surface area (Å²) in [6.45, 7) is 1.50. The molecule has 0 bridgehead atoms. The number of amides is 1. The number of aliphatic hydroxyl groups is 1. The molecule has 20 heavy (non-hydrogen) atoms. The zero-order valence-electron chi connectivity index (χ0n) is 11.4. The first kappa shape index (κ1) is 13.1. The molecule has 0 aromatic carbocycles. The van der Waals surface area contributed by atoms with Crippen LogP contribution in [-0.4, -0.2) is 40.6 Å². The fourth-order valence-electron chi connectivity index (χ4n) is 3.36. The van der Waals surface area contributed by atoms with Gasteiger partial charge in [0.25, 0.3) is 5.91 Å². The number of likely N-dealkylation sites (tertiary alicyclic amines) is 1. The third-order valence-electron chi connectivity index (χ3n) is 4.33. The van der Waals surface area contributed by atoms with Crippen LogP contribution in [0.15, 0.2) is 18.3 Å². The van der Waals surface area contributed by atoms with E-state index in [2.05, 4.69) is 16.8 Å². The highest BCUT2D eigenvalue weighted by atomic mass is 16.2. The highest BCUT2D eigenvalue weighted by Crippen LogP contribution is 2.38. The number of carbonyl (C=O) groups is 1. The van der Waals surface area contributed by atoms with Crippen molar-refractivity contribution in [1.29, 1.82) is 0 Å². The van der Waals surface area contributed by atoms with Crippen LogP contribution in [-0.2, 0) is 0 Å². The average molecular weight is 270 g/mol. The summed E-state index contributed by atoms with van der Waals surface area (Å²) in [7, 11) is 0. The van der Waals surface area contributed by atoms with Gasteiger partial charge < -0.3 is 10.0 Å². The molecule has 1 saturated carbocycles. The lowest BCUT2D eigenvalue weighted by Gasteiger charge is -2.17. The van der Waals surface area contributed by atoms with Gasteiger partial charge in [0.05, 0.1) is 5.56 Å². The molecule has 3 rings (SSSR count). The lowest BCUT2D eigenvalue weighted by Crippen LogP contribution is -2.30. The second kappa shape index (κ2) is 5.64. The van der Waals surface area contributed by atoms with Gasteiger partial charge in [0, 0.05) is 19.3 Å². The first-order valence-electron chi connectivity index (χ1n) is 7.13. The summed E-state index contributed by atoms with van der Waals surface area (Å²) in [4.78, 5) is 18.7. The maximum absolute atomic E-state index is 12.6. The average Bonchev–Trinajstić information content (AvgIpc) is 3.06. The van der Waals surface area contributed by atoms with Crippen molar-refractivity contribution < 1.29 is 9.90 Å². The SMILES string of the molecule is O=C(c1ncccc1C#CCO)N1CC2CCCC2C1. The van der Waals surface area contributed by atoms with Crippen LogP contribution in [0, 0.1) is 23.7 Å². The van der Waals surface area contributed by atoms with E-state index in [1.54, 1.807) is 18.3 Å². The van der Waals surface area contributed by atoms with E-state index < -0.39 is 0 Å². The number of hydrogen-bond donors (Lipinski definition) is 1. The van der Waals surface area contributed by atoms with Crippen molar-refractivity contribution in [3.8, 4) is 11.8 Å². The van der Waals surface area contributed by atoms with E-state index in [0.717, 1.165) is 13.1 Å². The Kier molecular flexibility index (Phi) is 3.70. The number of pyridine rings is 1. The van der Waals surface area contributed by atoms with Crippen LogP contribution in [0.2, 0.25) is 0 Å². The highest BCUT2D eigenvalue weighted by molar-refractivity contribution is 5.95. The van der Waals surface area contributed by atoms with E-state index in [1.807, 2.05) is 4.90 Å². The predicted octanol–water partition coefficient (Wildman–Crippen LogP) is 1.30. The van der Waals surface area contributed by atoms with Gasteiger partial charge in [-0.2, -0.15) is 0 Å². The zero-order chi connectivity index (χ0) is 13.9. The van der Waals surface area contributed by atoms with Gasteiger partial charge in [0.15, 0.2) is 0 Å². The van der Waals surface area contributed by atoms with Gasteiger partial charge in [-0.1, -0.05) is 18.3 Å². The second-order valence-corrected chi connectivity index (χ2v) is 5.52. The highest BCUT2D eigenvalue weighted by Gasteiger charge is 2.38. The Labute approximate surface area is 118 Å². The Hall–Kier alpha value is -1.86. The van der Waals surface area contributed by atoms with Crippen LogP contribution in [0.3, 0.4) is 0 Å². The summed E-state index contributed by atoms with van der Waals surface area (Å²) in [5, 5.41) is 8.79. The summed E-state index contributed by atoms with van der Waals surface area (Å²) in [5.74, 6) is 6.72. The van der Waals surface area contributed by atoms with Crippen molar-refractivity contribution in [1.82, 2.24) is 9.88 Å². The van der Waals surface area contributed by atoms with Crippen molar-refractivity contribution in [2.75, 3.05) is 19.7 Å². The van der Waals surface area contributed by atoms with Crippen LogP contribution in [0.25, 0.3) is 0 Å². The van der Waals surface area contributed by atoms with Gasteiger partial charge in [0.2, 0.25) is 0 Å². The summed E-state index contributed by atoms with van der Waals surface area (Å²) in [6, 6.07) is 3.54. The Balaban J connectivity index is 1.81. The van der Waals surface area contributed by atoms with E-state index in [4.69, 9.17) is 5.11 Å². The number of hydrogen-bond acceptors (Lipinski definition) is 3. The van der Waals surface area contributed by atoms with Gasteiger partial charge >= 0.3 is 0 Å². The number of nitrogens with zero attached hydrogens (tertiary/aromatic N) is 2. The largest absolute Gasteiger partial charge is 0.384 e. The van der Waals surface area contributed by atoms with E-state index in [-0.39, 0.29) is 12.5 Å². The van der Waals surface area contributed by atoms with Crippen LogP contribution in [0.1, 0.15) is 35.3 Å². The van der Waals surface area contributed by atoms with E-state index in [0.29, 0.717) is 23.1 Å². The fraction of sp³-hybridized carbons (Fsp3) is 0.500. The van der Waals surface area contributed by atoms with Crippen LogP contribution < -0.4 is 0 Å². The second-order valence-electron chi connectivity index (χ2n) is 5.52. The molecule has 1 N–H and O–H groups in total. The van der Waals surface area contributed by atoms with Crippen LogP contribution in [0.5, 0.6) is 0 Å². The monoisotopic (exact) mass is 270 g/mol. The molecule has 1 aromatic rings. The fourth-order valence-corrected chi connectivity index (χ4v) is 3.36. The van der Waals surface area contributed by atoms with Crippen molar-refractivity contribution in [2.45, 2.75) is 19.3 Å².